The Balaban J connectivity index is 3.19. The van der Waals surface area contributed by atoms with Gasteiger partial charge in [0.25, 0.3) is 0 Å². The SMILES string of the molecule is Cc1cc(C#N)cc(Br)c1NC(N)=S. The van der Waals surface area contributed by atoms with E-state index in [1.165, 1.54) is 0 Å². The number of nitrogens with zero attached hydrogens (tertiary/aromatic N) is 1. The zero-order valence-corrected chi connectivity index (χ0v) is 9.87. The third-order valence-electron chi connectivity index (χ3n) is 1.66. The van der Waals surface area contributed by atoms with Crippen LogP contribution in [-0.2, 0) is 0 Å². The maximum absolute atomic E-state index is 8.72. The predicted molar refractivity (Wildman–Crippen MR) is 64.0 cm³/mol. The van der Waals surface area contributed by atoms with Crippen molar-refractivity contribution in [2.75, 3.05) is 5.32 Å². The topological polar surface area (TPSA) is 61.8 Å². The number of nitriles is 1. The molecule has 1 aromatic rings. The third-order valence-corrected chi connectivity index (χ3v) is 2.39. The maximum atomic E-state index is 8.72. The summed E-state index contributed by atoms with van der Waals surface area (Å²) in [5, 5.41) is 11.8. The number of benzene rings is 1. The molecule has 0 amide bonds. The molecule has 3 nitrogen and oxygen atoms in total. The molecule has 0 bridgehead atoms. The van der Waals surface area contributed by atoms with E-state index in [0.717, 1.165) is 15.7 Å². The standard InChI is InChI=1S/C9H8BrN3S/c1-5-2-6(4-11)3-7(10)8(5)13-9(12)14/h2-3H,1H3,(H3,12,13,14). The van der Waals surface area contributed by atoms with E-state index in [0.29, 0.717) is 5.56 Å². The van der Waals surface area contributed by atoms with Gasteiger partial charge < -0.3 is 11.1 Å². The van der Waals surface area contributed by atoms with Crippen molar-refractivity contribution in [2.45, 2.75) is 6.92 Å². The molecule has 0 fully saturated rings. The molecule has 0 saturated heterocycles. The van der Waals surface area contributed by atoms with Crippen LogP contribution in [0.2, 0.25) is 0 Å². The molecule has 0 aromatic heterocycles. The lowest BCUT2D eigenvalue weighted by atomic mass is 10.1. The van der Waals surface area contributed by atoms with Gasteiger partial charge in [0.1, 0.15) is 0 Å². The minimum Gasteiger partial charge on any atom is -0.376 e. The van der Waals surface area contributed by atoms with Crippen molar-refractivity contribution >= 4 is 38.9 Å². The van der Waals surface area contributed by atoms with Crippen molar-refractivity contribution in [1.82, 2.24) is 0 Å². The van der Waals surface area contributed by atoms with E-state index in [1.807, 2.05) is 6.92 Å². The quantitative estimate of drug-likeness (QED) is 0.768. The van der Waals surface area contributed by atoms with Crippen LogP contribution >= 0.6 is 28.1 Å². The van der Waals surface area contributed by atoms with Crippen molar-refractivity contribution in [2.24, 2.45) is 5.73 Å². The summed E-state index contributed by atoms with van der Waals surface area (Å²) >= 11 is 8.08. The van der Waals surface area contributed by atoms with Crippen molar-refractivity contribution in [1.29, 1.82) is 5.26 Å². The second-order valence-electron chi connectivity index (χ2n) is 2.75. The van der Waals surface area contributed by atoms with Crippen molar-refractivity contribution < 1.29 is 0 Å². The van der Waals surface area contributed by atoms with Gasteiger partial charge in [-0.1, -0.05) is 0 Å². The highest BCUT2D eigenvalue weighted by Crippen LogP contribution is 2.27. The van der Waals surface area contributed by atoms with E-state index in [2.05, 4.69) is 27.3 Å². The summed E-state index contributed by atoms with van der Waals surface area (Å²) in [5.41, 5.74) is 7.69. The number of rotatable bonds is 1. The van der Waals surface area contributed by atoms with Gasteiger partial charge in [-0.15, -0.1) is 0 Å². The fourth-order valence-corrected chi connectivity index (χ4v) is 1.85. The Bertz CT molecular complexity index is 400. The summed E-state index contributed by atoms with van der Waals surface area (Å²) < 4.78 is 0.779. The molecule has 0 aliphatic rings. The zero-order valence-electron chi connectivity index (χ0n) is 7.47. The Morgan fingerprint density at radius 3 is 2.71 bits per heavy atom. The van der Waals surface area contributed by atoms with Crippen molar-refractivity contribution in [3.63, 3.8) is 0 Å². The van der Waals surface area contributed by atoms with E-state index < -0.39 is 0 Å². The van der Waals surface area contributed by atoms with Crippen LogP contribution in [0, 0.1) is 18.3 Å². The van der Waals surface area contributed by atoms with Crippen LogP contribution < -0.4 is 11.1 Å². The molecular weight excluding hydrogens is 262 g/mol. The molecule has 5 heteroatoms. The summed E-state index contributed by atoms with van der Waals surface area (Å²) in [4.78, 5) is 0. The van der Waals surface area contributed by atoms with Crippen LogP contribution in [-0.4, -0.2) is 5.11 Å². The Morgan fingerprint density at radius 2 is 2.29 bits per heavy atom. The van der Waals surface area contributed by atoms with Gasteiger partial charge in [0.15, 0.2) is 5.11 Å². The first-order valence-electron chi connectivity index (χ1n) is 3.81. The molecule has 3 N–H and O–H groups in total. The molecule has 14 heavy (non-hydrogen) atoms. The van der Waals surface area contributed by atoms with E-state index in [-0.39, 0.29) is 5.11 Å². The van der Waals surface area contributed by atoms with E-state index in [1.54, 1.807) is 12.1 Å². The van der Waals surface area contributed by atoms with Crippen LogP contribution in [0.15, 0.2) is 16.6 Å². The number of nitrogens with one attached hydrogen (secondary N) is 1. The second-order valence-corrected chi connectivity index (χ2v) is 4.05. The molecule has 72 valence electrons. The number of anilines is 1. The lowest BCUT2D eigenvalue weighted by Gasteiger charge is -2.10. The molecule has 0 spiro atoms. The second kappa shape index (κ2) is 4.40. The number of halogens is 1. The average Bonchev–Trinajstić information content (AvgIpc) is 2.10. The van der Waals surface area contributed by atoms with Gasteiger partial charge in [0, 0.05) is 4.47 Å². The summed E-state index contributed by atoms with van der Waals surface area (Å²) in [5.74, 6) is 0. The first-order chi connectivity index (χ1) is 6.54. The summed E-state index contributed by atoms with van der Waals surface area (Å²) in [7, 11) is 0. The molecule has 0 unspecified atom stereocenters. The monoisotopic (exact) mass is 269 g/mol. The zero-order chi connectivity index (χ0) is 10.7. The lowest BCUT2D eigenvalue weighted by Crippen LogP contribution is -2.19. The number of hydrogen-bond acceptors (Lipinski definition) is 2. The molecule has 1 rings (SSSR count). The highest BCUT2D eigenvalue weighted by Gasteiger charge is 2.06. The van der Waals surface area contributed by atoms with Gasteiger partial charge in [0.05, 0.1) is 17.3 Å². The Kier molecular flexibility index (Phi) is 3.44. The summed E-state index contributed by atoms with van der Waals surface area (Å²) in [6, 6.07) is 5.55. The summed E-state index contributed by atoms with van der Waals surface area (Å²) in [6.07, 6.45) is 0. The predicted octanol–water partition coefficient (Wildman–Crippen LogP) is 2.28. The molecule has 0 heterocycles. The van der Waals surface area contributed by atoms with Gasteiger partial charge in [-0.2, -0.15) is 5.26 Å². The van der Waals surface area contributed by atoms with Crippen LogP contribution in [0.3, 0.4) is 0 Å². The van der Waals surface area contributed by atoms with Crippen molar-refractivity contribution in [3.05, 3.63) is 27.7 Å². The van der Waals surface area contributed by atoms with Crippen LogP contribution in [0.1, 0.15) is 11.1 Å². The van der Waals surface area contributed by atoms with Gasteiger partial charge in [-0.05, 0) is 52.8 Å². The minimum absolute atomic E-state index is 0.207. The first-order valence-corrected chi connectivity index (χ1v) is 5.01. The number of hydrogen-bond donors (Lipinski definition) is 2. The van der Waals surface area contributed by atoms with Gasteiger partial charge in [-0.25, -0.2) is 0 Å². The molecule has 0 atom stereocenters. The Hall–Kier alpha value is -1.12. The Labute approximate surface area is 96.0 Å². The maximum Gasteiger partial charge on any atom is 0.168 e. The highest BCUT2D eigenvalue weighted by atomic mass is 79.9. The molecule has 0 aliphatic carbocycles. The Morgan fingerprint density at radius 1 is 1.64 bits per heavy atom. The van der Waals surface area contributed by atoms with Gasteiger partial charge >= 0.3 is 0 Å². The molecule has 0 aliphatic heterocycles. The number of aryl methyl sites for hydroxylation is 1. The normalized spacial score (nSPS) is 9.21. The van der Waals surface area contributed by atoms with Crippen LogP contribution in [0.4, 0.5) is 5.69 Å². The largest absolute Gasteiger partial charge is 0.376 e. The first kappa shape index (κ1) is 11.0. The fourth-order valence-electron chi connectivity index (χ4n) is 1.09. The molecular formula is C9H8BrN3S. The average molecular weight is 270 g/mol. The number of thiocarbonyl (C=S) groups is 1. The minimum atomic E-state index is 0.207. The highest BCUT2D eigenvalue weighted by molar-refractivity contribution is 9.10. The van der Waals surface area contributed by atoms with Gasteiger partial charge in [0.2, 0.25) is 0 Å². The number of nitrogens with two attached hydrogens (primary N) is 1. The van der Waals surface area contributed by atoms with Crippen LogP contribution in [0.5, 0.6) is 0 Å². The van der Waals surface area contributed by atoms with Crippen molar-refractivity contribution in [3.8, 4) is 6.07 Å². The molecule has 0 radical (unpaired) electrons. The van der Waals surface area contributed by atoms with E-state index in [4.69, 9.17) is 23.2 Å². The lowest BCUT2D eigenvalue weighted by molar-refractivity contribution is 1.39. The third kappa shape index (κ3) is 2.44. The fraction of sp³-hybridized carbons (Fsp3) is 0.111. The molecule has 1 aromatic carbocycles. The van der Waals surface area contributed by atoms with Crippen LogP contribution in [0.25, 0.3) is 0 Å². The van der Waals surface area contributed by atoms with E-state index in [9.17, 15) is 0 Å². The van der Waals surface area contributed by atoms with Gasteiger partial charge in [-0.3, -0.25) is 0 Å². The smallest absolute Gasteiger partial charge is 0.168 e. The van der Waals surface area contributed by atoms with E-state index >= 15 is 0 Å². The summed E-state index contributed by atoms with van der Waals surface area (Å²) in [6.45, 7) is 1.88. The molecule has 0 saturated carbocycles.